The number of amides is 1. The lowest BCUT2D eigenvalue weighted by Gasteiger charge is -2.25. The fourth-order valence-corrected chi connectivity index (χ4v) is 4.49. The number of nitrogens with zero attached hydrogens (tertiary/aromatic N) is 1. The normalized spacial score (nSPS) is 18.1. The van der Waals surface area contributed by atoms with Gasteiger partial charge in [0.05, 0.1) is 18.2 Å². The van der Waals surface area contributed by atoms with Crippen LogP contribution in [0.2, 0.25) is 0 Å². The number of ketones is 1. The van der Waals surface area contributed by atoms with Crippen LogP contribution < -0.4 is 14.2 Å². The molecule has 1 saturated heterocycles. The summed E-state index contributed by atoms with van der Waals surface area (Å²) >= 11 is 0. The number of hydrogen-bond donors (Lipinski definition) is 1. The molecule has 0 aliphatic carbocycles. The molecule has 2 heterocycles. The van der Waals surface area contributed by atoms with Crippen LogP contribution in [0.15, 0.2) is 72.3 Å². The molecule has 1 N–H and O–H groups in total. The summed E-state index contributed by atoms with van der Waals surface area (Å²) in [5.41, 5.74) is 1.74. The fraction of sp³-hybridized carbons (Fsp3) is 0.241. The number of carbonyl (C=O) groups excluding carboxylic acids is 2. The van der Waals surface area contributed by atoms with Gasteiger partial charge in [-0.3, -0.25) is 9.59 Å². The number of ether oxygens (including phenoxy) is 4. The van der Waals surface area contributed by atoms with Crippen molar-refractivity contribution in [3.8, 4) is 17.2 Å². The number of hydrogen-bond acceptors (Lipinski definition) is 7. The summed E-state index contributed by atoms with van der Waals surface area (Å²) in [5.74, 6) is -0.576. The number of methoxy groups -OCH3 is 1. The van der Waals surface area contributed by atoms with Crippen LogP contribution in [0.5, 0.6) is 17.2 Å². The highest BCUT2D eigenvalue weighted by molar-refractivity contribution is 6.46. The van der Waals surface area contributed by atoms with Gasteiger partial charge in [0.25, 0.3) is 11.7 Å². The molecule has 1 amide bonds. The molecule has 2 aliphatic rings. The third-order valence-electron chi connectivity index (χ3n) is 6.41. The van der Waals surface area contributed by atoms with Crippen molar-refractivity contribution in [1.82, 2.24) is 4.90 Å². The van der Waals surface area contributed by atoms with Crippen LogP contribution in [0.25, 0.3) is 5.76 Å². The van der Waals surface area contributed by atoms with Crippen LogP contribution in [0, 0.1) is 5.82 Å². The first-order valence-corrected chi connectivity index (χ1v) is 12.1. The number of benzene rings is 3. The molecule has 0 spiro atoms. The molecule has 1 unspecified atom stereocenters. The predicted molar refractivity (Wildman–Crippen MR) is 135 cm³/mol. The Labute approximate surface area is 218 Å². The van der Waals surface area contributed by atoms with Crippen molar-refractivity contribution < 1.29 is 38.0 Å². The first-order valence-electron chi connectivity index (χ1n) is 12.1. The summed E-state index contributed by atoms with van der Waals surface area (Å²) in [5, 5.41) is 11.3. The predicted octanol–water partition coefficient (Wildman–Crippen LogP) is 4.24. The van der Waals surface area contributed by atoms with E-state index in [1.54, 1.807) is 54.6 Å². The van der Waals surface area contributed by atoms with Crippen LogP contribution in [0.4, 0.5) is 4.39 Å². The van der Waals surface area contributed by atoms with Crippen LogP contribution in [0.3, 0.4) is 0 Å². The van der Waals surface area contributed by atoms with E-state index in [1.165, 1.54) is 24.1 Å². The van der Waals surface area contributed by atoms with Crippen molar-refractivity contribution in [2.45, 2.75) is 12.6 Å². The Hall–Kier alpha value is -4.37. The third kappa shape index (κ3) is 5.05. The van der Waals surface area contributed by atoms with Gasteiger partial charge in [0, 0.05) is 19.2 Å². The van der Waals surface area contributed by atoms with Crippen molar-refractivity contribution in [3.05, 3.63) is 94.8 Å². The van der Waals surface area contributed by atoms with Crippen LogP contribution in [0.1, 0.15) is 22.7 Å². The average Bonchev–Trinajstić information content (AvgIpc) is 3.20. The summed E-state index contributed by atoms with van der Waals surface area (Å²) in [6, 6.07) is 17.0. The molecule has 0 saturated carbocycles. The zero-order chi connectivity index (χ0) is 26.6. The standard InChI is InChI=1S/C29H26FNO7/c1-35-13-12-31-26(19-4-9-22(10-5-19)38-17-18-2-7-21(30)8-3-18)25(28(33)29(31)34)27(32)20-6-11-23-24(16-20)37-15-14-36-23/h2-11,16,26,32H,12-15,17H2,1H3/b27-25-. The first-order chi connectivity index (χ1) is 18.5. The van der Waals surface area contributed by atoms with Gasteiger partial charge in [-0.1, -0.05) is 24.3 Å². The smallest absolute Gasteiger partial charge is 0.295 e. The molecule has 5 rings (SSSR count). The lowest BCUT2D eigenvalue weighted by atomic mass is 9.95. The van der Waals surface area contributed by atoms with Gasteiger partial charge in [0.2, 0.25) is 0 Å². The lowest BCUT2D eigenvalue weighted by Crippen LogP contribution is -2.32. The molecule has 0 aromatic heterocycles. The maximum absolute atomic E-state index is 13.2. The van der Waals surface area contributed by atoms with Crippen LogP contribution in [-0.2, 0) is 20.9 Å². The number of rotatable bonds is 8. The molecule has 2 aliphatic heterocycles. The zero-order valence-electron chi connectivity index (χ0n) is 20.7. The summed E-state index contributed by atoms with van der Waals surface area (Å²) in [4.78, 5) is 27.6. The Morgan fingerprint density at radius 3 is 2.42 bits per heavy atom. The third-order valence-corrected chi connectivity index (χ3v) is 6.41. The maximum Gasteiger partial charge on any atom is 0.295 e. The molecule has 3 aromatic carbocycles. The molecule has 9 heteroatoms. The van der Waals surface area contributed by atoms with E-state index >= 15 is 0 Å². The maximum atomic E-state index is 13.2. The van der Waals surface area contributed by atoms with Crippen molar-refractivity contribution in [2.75, 3.05) is 33.5 Å². The minimum Gasteiger partial charge on any atom is -0.507 e. The molecule has 196 valence electrons. The van der Waals surface area contributed by atoms with Crippen molar-refractivity contribution in [1.29, 1.82) is 0 Å². The second-order valence-electron chi connectivity index (χ2n) is 8.83. The number of aliphatic hydroxyl groups excluding tert-OH is 1. The van der Waals surface area contributed by atoms with E-state index in [2.05, 4.69) is 0 Å². The first kappa shape index (κ1) is 25.3. The number of fused-ring (bicyclic) bond motifs is 1. The van der Waals surface area contributed by atoms with Gasteiger partial charge in [-0.05, 0) is 53.6 Å². The minimum atomic E-state index is -0.829. The highest BCUT2D eigenvalue weighted by atomic mass is 19.1. The highest BCUT2D eigenvalue weighted by Gasteiger charge is 2.46. The second kappa shape index (κ2) is 10.9. The van der Waals surface area contributed by atoms with E-state index in [0.717, 1.165) is 5.56 Å². The van der Waals surface area contributed by atoms with E-state index in [1.807, 2.05) is 0 Å². The number of Topliss-reactive ketones (excluding diaryl/α,β-unsaturated/α-hetero) is 1. The second-order valence-corrected chi connectivity index (χ2v) is 8.83. The van der Waals surface area contributed by atoms with Crippen molar-refractivity contribution in [2.24, 2.45) is 0 Å². The van der Waals surface area contributed by atoms with Gasteiger partial charge in [0.15, 0.2) is 11.5 Å². The topological polar surface area (TPSA) is 94.5 Å². The van der Waals surface area contributed by atoms with Crippen molar-refractivity contribution >= 4 is 17.4 Å². The molecule has 3 aromatic rings. The van der Waals surface area contributed by atoms with Gasteiger partial charge >= 0.3 is 0 Å². The van der Waals surface area contributed by atoms with Gasteiger partial charge < -0.3 is 29.0 Å². The minimum absolute atomic E-state index is 0.0252. The number of carbonyl (C=O) groups is 2. The molecular formula is C29H26FNO7. The summed E-state index contributed by atoms with van der Waals surface area (Å²) in [6.45, 7) is 1.41. The highest BCUT2D eigenvalue weighted by Crippen LogP contribution is 2.41. The molecule has 38 heavy (non-hydrogen) atoms. The monoisotopic (exact) mass is 519 g/mol. The quantitative estimate of drug-likeness (QED) is 0.270. The SMILES string of the molecule is COCCN1C(=O)C(=O)/C(=C(\O)c2ccc3c(c2)OCCO3)C1c1ccc(OCc2ccc(F)cc2)cc1. The van der Waals surface area contributed by atoms with E-state index in [9.17, 15) is 19.1 Å². The molecule has 0 radical (unpaired) electrons. The Morgan fingerprint density at radius 1 is 1.00 bits per heavy atom. The van der Waals surface area contributed by atoms with Gasteiger partial charge in [-0.15, -0.1) is 0 Å². The Balaban J connectivity index is 1.46. The molecule has 1 atom stereocenters. The Bertz CT molecular complexity index is 1370. The molecule has 0 bridgehead atoms. The van der Waals surface area contributed by atoms with Gasteiger partial charge in [-0.25, -0.2) is 4.39 Å². The zero-order valence-corrected chi connectivity index (χ0v) is 20.7. The number of likely N-dealkylation sites (tertiary alicyclic amines) is 1. The van der Waals surface area contributed by atoms with Gasteiger partial charge in [0.1, 0.15) is 37.1 Å². The largest absolute Gasteiger partial charge is 0.507 e. The van der Waals surface area contributed by atoms with Crippen molar-refractivity contribution in [3.63, 3.8) is 0 Å². The molecule has 8 nitrogen and oxygen atoms in total. The van der Waals surface area contributed by atoms with E-state index < -0.39 is 17.7 Å². The van der Waals surface area contributed by atoms with E-state index in [4.69, 9.17) is 18.9 Å². The summed E-state index contributed by atoms with van der Waals surface area (Å²) < 4.78 is 35.3. The van der Waals surface area contributed by atoms with E-state index in [0.29, 0.717) is 41.6 Å². The van der Waals surface area contributed by atoms with Crippen LogP contribution in [-0.4, -0.2) is 55.2 Å². The molecular weight excluding hydrogens is 493 g/mol. The van der Waals surface area contributed by atoms with Crippen LogP contribution >= 0.6 is 0 Å². The number of aliphatic hydroxyl groups is 1. The van der Waals surface area contributed by atoms with Gasteiger partial charge in [-0.2, -0.15) is 0 Å². The Kier molecular flexibility index (Phi) is 7.28. The Morgan fingerprint density at radius 2 is 1.71 bits per heavy atom. The van der Waals surface area contributed by atoms with E-state index in [-0.39, 0.29) is 36.9 Å². The lowest BCUT2D eigenvalue weighted by molar-refractivity contribution is -0.140. The molecule has 1 fully saturated rings. The average molecular weight is 520 g/mol. The fourth-order valence-electron chi connectivity index (χ4n) is 4.49. The number of halogens is 1. The summed E-state index contributed by atoms with van der Waals surface area (Å²) in [6.07, 6.45) is 0. The summed E-state index contributed by atoms with van der Waals surface area (Å²) in [7, 11) is 1.51.